The first kappa shape index (κ1) is 18.3. The maximum Gasteiger partial charge on any atom is 0.192 e. The number of thioether (sulfide) groups is 1. The Bertz CT molecular complexity index is 1050. The van der Waals surface area contributed by atoms with E-state index in [0.717, 1.165) is 39.4 Å². The predicted octanol–water partition coefficient (Wildman–Crippen LogP) is 4.59. The van der Waals surface area contributed by atoms with Gasteiger partial charge in [-0.15, -0.1) is 10.2 Å². The fraction of sp³-hybridized carbons (Fsp3) is 0.190. The normalized spacial score (nSPS) is 10.9. The van der Waals surface area contributed by atoms with Gasteiger partial charge in [-0.1, -0.05) is 29.5 Å². The number of hydrogen-bond donors (Lipinski definition) is 0. The Kier molecular flexibility index (Phi) is 5.43. The van der Waals surface area contributed by atoms with Gasteiger partial charge in [0, 0.05) is 29.3 Å². The van der Waals surface area contributed by atoms with Crippen molar-refractivity contribution in [1.29, 1.82) is 0 Å². The van der Waals surface area contributed by atoms with E-state index in [1.807, 2.05) is 36.4 Å². The molecule has 3 heterocycles. The van der Waals surface area contributed by atoms with Gasteiger partial charge in [-0.3, -0.25) is 9.55 Å². The van der Waals surface area contributed by atoms with Crippen LogP contribution in [0.1, 0.15) is 16.9 Å². The van der Waals surface area contributed by atoms with Crippen molar-refractivity contribution in [3.63, 3.8) is 0 Å². The summed E-state index contributed by atoms with van der Waals surface area (Å²) in [7, 11) is 1.69. The van der Waals surface area contributed by atoms with Gasteiger partial charge in [-0.05, 0) is 37.3 Å². The summed E-state index contributed by atoms with van der Waals surface area (Å²) in [5, 5.41) is 9.67. The molecule has 6 nitrogen and oxygen atoms in total. The van der Waals surface area contributed by atoms with Gasteiger partial charge in [-0.25, -0.2) is 0 Å². The molecule has 0 atom stereocenters. The second-order valence-corrected chi connectivity index (χ2v) is 7.26. The van der Waals surface area contributed by atoms with Crippen LogP contribution in [0.5, 0.6) is 5.75 Å². The molecule has 0 saturated heterocycles. The highest BCUT2D eigenvalue weighted by molar-refractivity contribution is 7.98. The van der Waals surface area contributed by atoms with Crippen LogP contribution in [0.15, 0.2) is 70.7 Å². The van der Waals surface area contributed by atoms with Crippen LogP contribution in [0, 0.1) is 6.92 Å². The Morgan fingerprint density at radius 2 is 2.07 bits per heavy atom. The van der Waals surface area contributed by atoms with Crippen LogP contribution in [0.25, 0.3) is 11.4 Å². The Morgan fingerprint density at radius 3 is 2.82 bits per heavy atom. The van der Waals surface area contributed by atoms with E-state index in [4.69, 9.17) is 9.15 Å². The number of aryl methyl sites for hydroxylation is 1. The molecule has 28 heavy (non-hydrogen) atoms. The van der Waals surface area contributed by atoms with Crippen molar-refractivity contribution in [2.75, 3.05) is 7.11 Å². The molecule has 0 radical (unpaired) electrons. The average molecular weight is 392 g/mol. The lowest BCUT2D eigenvalue weighted by Gasteiger charge is -2.11. The standard InChI is InChI=1S/C21H20N4O2S/c1-15-7-8-19(26-2)17(11-15)14-28-21-24-23-20(16-5-3-9-22-12-16)25(21)13-18-6-4-10-27-18/h3-12H,13-14H2,1-2H3. The van der Waals surface area contributed by atoms with Gasteiger partial charge in [0.1, 0.15) is 11.5 Å². The lowest BCUT2D eigenvalue weighted by atomic mass is 10.1. The molecule has 0 aliphatic rings. The number of nitrogens with zero attached hydrogens (tertiary/aromatic N) is 4. The highest BCUT2D eigenvalue weighted by Crippen LogP contribution is 2.30. The maximum atomic E-state index is 5.55. The minimum absolute atomic E-state index is 0.553. The number of ether oxygens (including phenoxy) is 1. The monoisotopic (exact) mass is 392 g/mol. The van der Waals surface area contributed by atoms with Crippen molar-refractivity contribution in [1.82, 2.24) is 19.7 Å². The molecule has 0 aliphatic carbocycles. The molecule has 0 aliphatic heterocycles. The SMILES string of the molecule is COc1ccc(C)cc1CSc1nnc(-c2cccnc2)n1Cc1ccco1. The average Bonchev–Trinajstić information content (AvgIpc) is 3.38. The number of aromatic nitrogens is 4. The van der Waals surface area contributed by atoms with Gasteiger partial charge in [0.2, 0.25) is 0 Å². The Hall–Kier alpha value is -3.06. The largest absolute Gasteiger partial charge is 0.496 e. The van der Waals surface area contributed by atoms with Crippen molar-refractivity contribution in [3.8, 4) is 17.1 Å². The summed E-state index contributed by atoms with van der Waals surface area (Å²) >= 11 is 1.62. The minimum Gasteiger partial charge on any atom is -0.496 e. The zero-order valence-corrected chi connectivity index (χ0v) is 16.5. The van der Waals surface area contributed by atoms with E-state index in [0.29, 0.717) is 6.54 Å². The van der Waals surface area contributed by atoms with Crippen molar-refractivity contribution in [2.45, 2.75) is 24.4 Å². The van der Waals surface area contributed by atoms with Gasteiger partial charge in [0.15, 0.2) is 11.0 Å². The topological polar surface area (TPSA) is 66.0 Å². The van der Waals surface area contributed by atoms with Crippen LogP contribution in [0.3, 0.4) is 0 Å². The number of pyridine rings is 1. The predicted molar refractivity (Wildman–Crippen MR) is 108 cm³/mol. The number of benzene rings is 1. The first-order chi connectivity index (χ1) is 13.7. The van der Waals surface area contributed by atoms with Gasteiger partial charge in [-0.2, -0.15) is 0 Å². The third-order valence-electron chi connectivity index (χ3n) is 4.32. The third-order valence-corrected chi connectivity index (χ3v) is 5.34. The molecule has 1 aromatic carbocycles. The molecule has 4 rings (SSSR count). The summed E-state index contributed by atoms with van der Waals surface area (Å²) < 4.78 is 13.1. The highest BCUT2D eigenvalue weighted by Gasteiger charge is 2.17. The Labute approximate surface area is 167 Å². The minimum atomic E-state index is 0.553. The molecule has 0 N–H and O–H groups in total. The van der Waals surface area contributed by atoms with E-state index in [9.17, 15) is 0 Å². The molecule has 142 valence electrons. The molecular weight excluding hydrogens is 372 g/mol. The summed E-state index contributed by atoms with van der Waals surface area (Å²) in [5.41, 5.74) is 3.24. The molecule has 0 spiro atoms. The lowest BCUT2D eigenvalue weighted by Crippen LogP contribution is -2.04. The van der Waals surface area contributed by atoms with Crippen LogP contribution in [-0.4, -0.2) is 26.9 Å². The number of hydrogen-bond acceptors (Lipinski definition) is 6. The van der Waals surface area contributed by atoms with Crippen LogP contribution < -0.4 is 4.74 Å². The third kappa shape index (κ3) is 3.94. The zero-order chi connectivity index (χ0) is 19.3. The van der Waals surface area contributed by atoms with Crippen LogP contribution in [0.2, 0.25) is 0 Å². The van der Waals surface area contributed by atoms with E-state index in [-0.39, 0.29) is 0 Å². The molecular formula is C21H20N4O2S. The molecule has 0 fully saturated rings. The molecule has 4 aromatic rings. The zero-order valence-electron chi connectivity index (χ0n) is 15.7. The van der Waals surface area contributed by atoms with Gasteiger partial charge in [0.25, 0.3) is 0 Å². The smallest absolute Gasteiger partial charge is 0.192 e. The molecule has 3 aromatic heterocycles. The molecule has 0 unspecified atom stereocenters. The highest BCUT2D eigenvalue weighted by atomic mass is 32.2. The van der Waals surface area contributed by atoms with E-state index in [2.05, 4.69) is 32.7 Å². The number of methoxy groups -OCH3 is 1. The molecule has 0 amide bonds. The number of furan rings is 1. The lowest BCUT2D eigenvalue weighted by molar-refractivity contribution is 0.411. The molecule has 0 saturated carbocycles. The van der Waals surface area contributed by atoms with Gasteiger partial charge >= 0.3 is 0 Å². The van der Waals surface area contributed by atoms with Crippen molar-refractivity contribution >= 4 is 11.8 Å². The van der Waals surface area contributed by atoms with E-state index in [1.165, 1.54) is 5.56 Å². The van der Waals surface area contributed by atoms with Crippen LogP contribution in [0.4, 0.5) is 0 Å². The summed E-state index contributed by atoms with van der Waals surface area (Å²) in [4.78, 5) is 4.21. The first-order valence-corrected chi connectivity index (χ1v) is 9.85. The Balaban J connectivity index is 1.65. The van der Waals surface area contributed by atoms with Crippen molar-refractivity contribution < 1.29 is 9.15 Å². The summed E-state index contributed by atoms with van der Waals surface area (Å²) in [6.07, 6.45) is 5.21. The summed E-state index contributed by atoms with van der Waals surface area (Å²) in [6.45, 7) is 2.63. The second-order valence-electron chi connectivity index (χ2n) is 6.32. The number of rotatable bonds is 7. The summed E-state index contributed by atoms with van der Waals surface area (Å²) in [5.74, 6) is 3.22. The first-order valence-electron chi connectivity index (χ1n) is 8.87. The maximum absolute atomic E-state index is 5.55. The van der Waals surface area contributed by atoms with Crippen LogP contribution >= 0.6 is 11.8 Å². The van der Waals surface area contributed by atoms with E-state index >= 15 is 0 Å². The van der Waals surface area contributed by atoms with Gasteiger partial charge in [0.05, 0.1) is 19.9 Å². The van der Waals surface area contributed by atoms with E-state index < -0.39 is 0 Å². The fourth-order valence-electron chi connectivity index (χ4n) is 2.97. The summed E-state index contributed by atoms with van der Waals surface area (Å²) in [6, 6.07) is 13.9. The quantitative estimate of drug-likeness (QED) is 0.429. The molecule has 0 bridgehead atoms. The van der Waals surface area contributed by atoms with E-state index in [1.54, 1.807) is 37.5 Å². The molecule has 7 heteroatoms. The Morgan fingerprint density at radius 1 is 1.14 bits per heavy atom. The fourth-order valence-corrected chi connectivity index (χ4v) is 3.88. The van der Waals surface area contributed by atoms with Gasteiger partial charge < -0.3 is 9.15 Å². The van der Waals surface area contributed by atoms with Crippen LogP contribution in [-0.2, 0) is 12.3 Å². The second kappa shape index (κ2) is 8.31. The van der Waals surface area contributed by atoms with Crippen molar-refractivity contribution in [2.24, 2.45) is 0 Å². The van der Waals surface area contributed by atoms with Crippen molar-refractivity contribution in [3.05, 3.63) is 78.0 Å².